The Bertz CT molecular complexity index is 1500. The van der Waals surface area contributed by atoms with Crippen molar-refractivity contribution in [3.8, 4) is 28.8 Å². The number of nitrogens with zero attached hydrogens (tertiary/aromatic N) is 4. The second-order valence-corrected chi connectivity index (χ2v) is 9.46. The third kappa shape index (κ3) is 4.89. The summed E-state index contributed by atoms with van der Waals surface area (Å²) in [5, 5.41) is 17.5. The summed E-state index contributed by atoms with van der Waals surface area (Å²) in [7, 11) is 0. The first kappa shape index (κ1) is 24.1. The Morgan fingerprint density at radius 2 is 1.92 bits per heavy atom. The van der Waals surface area contributed by atoms with Crippen LogP contribution in [0.25, 0.3) is 22.2 Å². The number of likely N-dealkylation sites (tertiary alicyclic amines) is 1. The number of nitrogens with one attached hydrogen (secondary N) is 1. The summed E-state index contributed by atoms with van der Waals surface area (Å²) in [5.41, 5.74) is 9.41. The molecule has 2 aromatic carbocycles. The highest BCUT2D eigenvalue weighted by Gasteiger charge is 2.33. The predicted octanol–water partition coefficient (Wildman–Crippen LogP) is 5.77. The number of nitrogen functional groups attached to an aromatic ring is 1. The minimum absolute atomic E-state index is 0.0996. The van der Waals surface area contributed by atoms with E-state index in [1.165, 1.54) is 0 Å². The average molecular weight is 493 g/mol. The maximum atomic E-state index is 13.3. The molecule has 186 valence electrons. The van der Waals surface area contributed by atoms with Crippen LogP contribution < -0.4 is 10.5 Å². The molecule has 1 amide bonds. The molecule has 3 heterocycles. The number of pyridine rings is 1. The van der Waals surface area contributed by atoms with E-state index in [2.05, 4.69) is 16.3 Å². The van der Waals surface area contributed by atoms with Gasteiger partial charge in [0.1, 0.15) is 23.1 Å². The number of carbonyl (C=O) groups is 1. The third-order valence-electron chi connectivity index (χ3n) is 6.40. The van der Waals surface area contributed by atoms with E-state index in [1.54, 1.807) is 11.0 Å². The van der Waals surface area contributed by atoms with E-state index in [9.17, 15) is 10.1 Å². The van der Waals surface area contributed by atoms with Gasteiger partial charge >= 0.3 is 0 Å². The number of hydrogen-bond donors (Lipinski definition) is 2. The van der Waals surface area contributed by atoms with Crippen LogP contribution in [-0.2, 0) is 4.79 Å². The molecule has 2 aromatic heterocycles. The van der Waals surface area contributed by atoms with Crippen LogP contribution in [-0.4, -0.2) is 32.5 Å². The lowest BCUT2D eigenvalue weighted by Gasteiger charge is -2.25. The highest BCUT2D eigenvalue weighted by Crippen LogP contribution is 2.38. The molecule has 5 rings (SSSR count). The maximum Gasteiger partial charge on any atom is 0.264 e. The van der Waals surface area contributed by atoms with Gasteiger partial charge in [-0.05, 0) is 61.2 Å². The molecule has 8 nitrogen and oxygen atoms in total. The molecule has 1 atom stereocenters. The number of amides is 1. The number of ether oxygens (including phenoxy) is 1. The standard InChI is InChI=1S/C29H28N6O2/c1-18(2)15-20(17-30)29(36)35-14-6-9-25(35)23-16-24-26(28(31)34-33-24)27(32-23)19-10-12-22(13-11-19)37-21-7-4-3-5-8-21/h3-5,7-8,10-13,15-16,18,25H,6,9,14H2,1-2H3,(H3,31,33,34)/b20-15-/t25-/m1/s1. The molecule has 37 heavy (non-hydrogen) atoms. The van der Waals surface area contributed by atoms with E-state index < -0.39 is 0 Å². The number of benzene rings is 2. The molecule has 0 unspecified atom stereocenters. The number of rotatable bonds is 6. The number of aromatic nitrogens is 3. The van der Waals surface area contributed by atoms with E-state index >= 15 is 0 Å². The van der Waals surface area contributed by atoms with Gasteiger partial charge in [0.2, 0.25) is 0 Å². The average Bonchev–Trinajstić information content (AvgIpc) is 3.54. The third-order valence-corrected chi connectivity index (χ3v) is 6.40. The van der Waals surface area contributed by atoms with Crippen LogP contribution >= 0.6 is 0 Å². The van der Waals surface area contributed by atoms with Crippen LogP contribution in [0.15, 0.2) is 72.3 Å². The van der Waals surface area contributed by atoms with E-state index in [-0.39, 0.29) is 23.4 Å². The van der Waals surface area contributed by atoms with Crippen molar-refractivity contribution in [2.24, 2.45) is 5.92 Å². The Hall–Kier alpha value is -4.64. The van der Waals surface area contributed by atoms with Crippen LogP contribution in [0.4, 0.5) is 5.82 Å². The van der Waals surface area contributed by atoms with Gasteiger partial charge in [-0.15, -0.1) is 0 Å². The molecule has 3 N–H and O–H groups in total. The van der Waals surface area contributed by atoms with Crippen molar-refractivity contribution in [1.29, 1.82) is 5.26 Å². The van der Waals surface area contributed by atoms with Crippen molar-refractivity contribution < 1.29 is 9.53 Å². The second kappa shape index (κ2) is 10.2. The molecule has 1 fully saturated rings. The zero-order valence-corrected chi connectivity index (χ0v) is 20.8. The number of H-pyrrole nitrogens is 1. The van der Waals surface area contributed by atoms with Gasteiger partial charge in [0.05, 0.1) is 28.3 Å². The fourth-order valence-electron chi connectivity index (χ4n) is 4.74. The van der Waals surface area contributed by atoms with Crippen molar-refractivity contribution in [3.63, 3.8) is 0 Å². The molecule has 0 spiro atoms. The Labute approximate surface area is 215 Å². The first-order valence-corrected chi connectivity index (χ1v) is 12.4. The van der Waals surface area contributed by atoms with Crippen molar-refractivity contribution >= 4 is 22.6 Å². The van der Waals surface area contributed by atoms with Crippen LogP contribution in [0.2, 0.25) is 0 Å². The summed E-state index contributed by atoms with van der Waals surface area (Å²) in [4.78, 5) is 20.0. The molecule has 0 radical (unpaired) electrons. The molecule has 0 aliphatic carbocycles. The van der Waals surface area contributed by atoms with E-state index in [1.807, 2.05) is 74.5 Å². The fourth-order valence-corrected chi connectivity index (χ4v) is 4.74. The van der Waals surface area contributed by atoms with Gasteiger partial charge in [0, 0.05) is 12.1 Å². The summed E-state index contributed by atoms with van der Waals surface area (Å²) < 4.78 is 5.93. The van der Waals surface area contributed by atoms with Gasteiger partial charge in [0.15, 0.2) is 5.82 Å². The van der Waals surface area contributed by atoms with Gasteiger partial charge in [0.25, 0.3) is 5.91 Å². The number of anilines is 1. The van der Waals surface area contributed by atoms with Crippen molar-refractivity contribution in [2.75, 3.05) is 12.3 Å². The zero-order chi connectivity index (χ0) is 25.9. The Kier molecular flexibility index (Phi) is 6.60. The number of nitriles is 1. The van der Waals surface area contributed by atoms with Gasteiger partial charge in [-0.1, -0.05) is 38.1 Å². The maximum absolute atomic E-state index is 13.3. The normalized spacial score (nSPS) is 15.8. The summed E-state index contributed by atoms with van der Waals surface area (Å²) in [5.74, 6) is 1.66. The smallest absolute Gasteiger partial charge is 0.264 e. The van der Waals surface area contributed by atoms with E-state index in [0.717, 1.165) is 40.8 Å². The number of para-hydroxylation sites is 1. The lowest BCUT2D eigenvalue weighted by atomic mass is 10.0. The summed E-state index contributed by atoms with van der Waals surface area (Å²) >= 11 is 0. The topological polar surface area (TPSA) is 121 Å². The Morgan fingerprint density at radius 1 is 1.19 bits per heavy atom. The van der Waals surface area contributed by atoms with Gasteiger partial charge in [-0.25, -0.2) is 4.98 Å². The van der Waals surface area contributed by atoms with Crippen LogP contribution in [0.1, 0.15) is 38.4 Å². The van der Waals surface area contributed by atoms with Crippen LogP contribution in [0.5, 0.6) is 11.5 Å². The molecule has 1 aliphatic rings. The molecular weight excluding hydrogens is 464 g/mol. The Balaban J connectivity index is 1.51. The predicted molar refractivity (Wildman–Crippen MR) is 142 cm³/mol. The summed E-state index contributed by atoms with van der Waals surface area (Å²) in [6.07, 6.45) is 3.31. The van der Waals surface area contributed by atoms with E-state index in [0.29, 0.717) is 23.8 Å². The molecule has 1 saturated heterocycles. The number of carbonyl (C=O) groups excluding carboxylic acids is 1. The molecule has 0 bridgehead atoms. The summed E-state index contributed by atoms with van der Waals surface area (Å²) in [6, 6.07) is 21.0. The first-order valence-electron chi connectivity index (χ1n) is 12.4. The van der Waals surface area contributed by atoms with Gasteiger partial charge in [-0.2, -0.15) is 10.4 Å². The van der Waals surface area contributed by atoms with Gasteiger partial charge in [-0.3, -0.25) is 9.89 Å². The monoisotopic (exact) mass is 492 g/mol. The number of nitrogens with two attached hydrogens (primary N) is 1. The number of hydrogen-bond acceptors (Lipinski definition) is 6. The number of allylic oxidation sites excluding steroid dienone is 1. The second-order valence-electron chi connectivity index (χ2n) is 9.46. The largest absolute Gasteiger partial charge is 0.457 e. The molecule has 4 aromatic rings. The fraction of sp³-hybridized carbons (Fsp3) is 0.241. The quantitative estimate of drug-likeness (QED) is 0.260. The SMILES string of the molecule is CC(C)/C=C(/C#N)C(=O)N1CCC[C@@H]1c1cc2[nH]nc(N)c2c(-c2ccc(Oc3ccccc3)cc2)n1. The molecule has 1 aliphatic heterocycles. The molecule has 8 heteroatoms. The number of aromatic amines is 1. The van der Waals surface area contributed by atoms with Crippen LogP contribution in [0.3, 0.4) is 0 Å². The van der Waals surface area contributed by atoms with Crippen LogP contribution in [0, 0.1) is 17.2 Å². The minimum Gasteiger partial charge on any atom is -0.457 e. The highest BCUT2D eigenvalue weighted by atomic mass is 16.5. The van der Waals surface area contributed by atoms with Crippen molar-refractivity contribution in [2.45, 2.75) is 32.7 Å². The van der Waals surface area contributed by atoms with E-state index in [4.69, 9.17) is 15.5 Å². The van der Waals surface area contributed by atoms with Gasteiger partial charge < -0.3 is 15.4 Å². The summed E-state index contributed by atoms with van der Waals surface area (Å²) in [6.45, 7) is 4.48. The number of fused-ring (bicyclic) bond motifs is 1. The highest BCUT2D eigenvalue weighted by molar-refractivity contribution is 6.00. The van der Waals surface area contributed by atoms with Crippen molar-refractivity contribution in [3.05, 3.63) is 78.0 Å². The first-order chi connectivity index (χ1) is 17.9. The Morgan fingerprint density at radius 3 is 2.62 bits per heavy atom. The minimum atomic E-state index is -0.256. The zero-order valence-electron chi connectivity index (χ0n) is 20.8. The lowest BCUT2D eigenvalue weighted by molar-refractivity contribution is -0.127. The molecular formula is C29H28N6O2. The lowest BCUT2D eigenvalue weighted by Crippen LogP contribution is -2.32. The van der Waals surface area contributed by atoms with Crippen molar-refractivity contribution in [1.82, 2.24) is 20.1 Å². The molecule has 0 saturated carbocycles.